The molecule has 0 radical (unpaired) electrons. The van der Waals surface area contributed by atoms with Crippen LogP contribution in [0.3, 0.4) is 0 Å². The normalized spacial score (nSPS) is 10.9. The molecule has 1 aromatic carbocycles. The van der Waals surface area contributed by atoms with Gasteiger partial charge in [0.25, 0.3) is 0 Å². The molecule has 112 valence electrons. The highest BCUT2D eigenvalue weighted by atomic mass is 16.4. The van der Waals surface area contributed by atoms with Crippen LogP contribution in [0.1, 0.15) is 42.4 Å². The first kappa shape index (κ1) is 15.0. The Morgan fingerprint density at radius 1 is 1.38 bits per heavy atom. The molecule has 0 aliphatic heterocycles. The van der Waals surface area contributed by atoms with E-state index in [1.54, 1.807) is 18.2 Å². The molecule has 0 bridgehead atoms. The van der Waals surface area contributed by atoms with Crippen LogP contribution in [0.15, 0.2) is 18.2 Å². The maximum Gasteiger partial charge on any atom is 0.335 e. The first-order valence-corrected chi connectivity index (χ1v) is 7.03. The van der Waals surface area contributed by atoms with E-state index in [1.165, 1.54) is 0 Å². The number of carbonyl (C=O) groups is 2. The van der Waals surface area contributed by atoms with Gasteiger partial charge < -0.3 is 15.4 Å². The van der Waals surface area contributed by atoms with Crippen LogP contribution >= 0.6 is 0 Å². The number of aromatic nitrogens is 2. The number of imidazole rings is 1. The molecule has 1 amide bonds. The number of nitrogens with two attached hydrogens (primary N) is 1. The molecule has 0 spiro atoms. The van der Waals surface area contributed by atoms with Crippen molar-refractivity contribution in [2.75, 3.05) is 0 Å². The molecule has 0 fully saturated rings. The summed E-state index contributed by atoms with van der Waals surface area (Å²) in [6.07, 6.45) is 2.69. The van der Waals surface area contributed by atoms with E-state index in [0.29, 0.717) is 19.4 Å². The zero-order chi connectivity index (χ0) is 15.4. The van der Waals surface area contributed by atoms with E-state index in [4.69, 9.17) is 10.8 Å². The standard InChI is InChI=1S/C15H19N3O3/c1-2-4-14-17-11-7-6-10(15(20)21)9-12(11)18(14)8-3-5-13(16)19/h6-7,9H,2-5,8H2,1H3,(H2,16,19)(H,20,21). The Balaban J connectivity index is 2.40. The first-order valence-electron chi connectivity index (χ1n) is 7.03. The van der Waals surface area contributed by atoms with Crippen molar-refractivity contribution in [2.24, 2.45) is 5.73 Å². The zero-order valence-electron chi connectivity index (χ0n) is 12.0. The van der Waals surface area contributed by atoms with Crippen molar-refractivity contribution >= 4 is 22.9 Å². The van der Waals surface area contributed by atoms with Gasteiger partial charge in [0.2, 0.25) is 5.91 Å². The molecule has 0 saturated heterocycles. The third kappa shape index (κ3) is 3.39. The van der Waals surface area contributed by atoms with Gasteiger partial charge in [0.15, 0.2) is 0 Å². The molecule has 2 aromatic rings. The Morgan fingerprint density at radius 3 is 2.76 bits per heavy atom. The van der Waals surface area contributed by atoms with Crippen molar-refractivity contribution in [3.8, 4) is 0 Å². The lowest BCUT2D eigenvalue weighted by Gasteiger charge is -2.08. The number of carbonyl (C=O) groups excluding carboxylic acids is 1. The van der Waals surface area contributed by atoms with Crippen LogP contribution in [0, 0.1) is 0 Å². The SMILES string of the molecule is CCCc1nc2ccc(C(=O)O)cc2n1CCCC(N)=O. The zero-order valence-corrected chi connectivity index (χ0v) is 12.0. The van der Waals surface area contributed by atoms with Gasteiger partial charge in [0.05, 0.1) is 16.6 Å². The number of benzene rings is 1. The number of amides is 1. The Labute approximate surface area is 122 Å². The van der Waals surface area contributed by atoms with E-state index in [9.17, 15) is 9.59 Å². The number of aryl methyl sites for hydroxylation is 2. The summed E-state index contributed by atoms with van der Waals surface area (Å²) in [7, 11) is 0. The topological polar surface area (TPSA) is 98.2 Å². The number of hydrogen-bond donors (Lipinski definition) is 2. The Kier molecular flexibility index (Phi) is 4.57. The maximum atomic E-state index is 11.1. The number of carboxylic acids is 1. The number of fused-ring (bicyclic) bond motifs is 1. The quantitative estimate of drug-likeness (QED) is 0.813. The van der Waals surface area contributed by atoms with Gasteiger partial charge in [-0.25, -0.2) is 9.78 Å². The number of carboxylic acid groups (broad SMARTS) is 1. The number of aromatic carboxylic acids is 1. The predicted molar refractivity (Wildman–Crippen MR) is 79.1 cm³/mol. The molecule has 0 saturated carbocycles. The Hall–Kier alpha value is -2.37. The predicted octanol–water partition coefficient (Wildman–Crippen LogP) is 1.95. The molecule has 0 atom stereocenters. The smallest absolute Gasteiger partial charge is 0.335 e. The van der Waals surface area contributed by atoms with Crippen LogP contribution in [0.2, 0.25) is 0 Å². The van der Waals surface area contributed by atoms with Crippen molar-refractivity contribution in [2.45, 2.75) is 39.2 Å². The second-order valence-corrected chi connectivity index (χ2v) is 5.01. The molecule has 3 N–H and O–H groups in total. The molecule has 1 aromatic heterocycles. The molecule has 6 heteroatoms. The average molecular weight is 289 g/mol. The maximum absolute atomic E-state index is 11.1. The summed E-state index contributed by atoms with van der Waals surface area (Å²) in [6.45, 7) is 2.67. The van der Waals surface area contributed by atoms with E-state index >= 15 is 0 Å². The van der Waals surface area contributed by atoms with E-state index in [0.717, 1.165) is 29.7 Å². The lowest BCUT2D eigenvalue weighted by Crippen LogP contribution is -2.12. The number of rotatable bonds is 7. The van der Waals surface area contributed by atoms with Gasteiger partial charge in [-0.1, -0.05) is 6.92 Å². The second kappa shape index (κ2) is 6.39. The minimum Gasteiger partial charge on any atom is -0.478 e. The highest BCUT2D eigenvalue weighted by Crippen LogP contribution is 2.20. The van der Waals surface area contributed by atoms with Gasteiger partial charge in [0, 0.05) is 19.4 Å². The van der Waals surface area contributed by atoms with Gasteiger partial charge in [-0.15, -0.1) is 0 Å². The number of primary amides is 1. The molecule has 0 aliphatic rings. The fourth-order valence-corrected chi connectivity index (χ4v) is 2.38. The summed E-state index contributed by atoms with van der Waals surface area (Å²) in [6, 6.07) is 4.91. The van der Waals surface area contributed by atoms with Crippen molar-refractivity contribution in [3.05, 3.63) is 29.6 Å². The van der Waals surface area contributed by atoms with Crippen LogP contribution in [-0.4, -0.2) is 26.5 Å². The van der Waals surface area contributed by atoms with Gasteiger partial charge in [-0.05, 0) is 31.0 Å². The van der Waals surface area contributed by atoms with Gasteiger partial charge in [0.1, 0.15) is 5.82 Å². The largest absolute Gasteiger partial charge is 0.478 e. The van der Waals surface area contributed by atoms with Gasteiger partial charge in [-0.2, -0.15) is 0 Å². The van der Waals surface area contributed by atoms with Crippen molar-refractivity contribution in [1.29, 1.82) is 0 Å². The fourth-order valence-electron chi connectivity index (χ4n) is 2.38. The molecule has 6 nitrogen and oxygen atoms in total. The summed E-state index contributed by atoms with van der Waals surface area (Å²) >= 11 is 0. The highest BCUT2D eigenvalue weighted by Gasteiger charge is 2.13. The second-order valence-electron chi connectivity index (χ2n) is 5.01. The summed E-state index contributed by atoms with van der Waals surface area (Å²) in [5.74, 6) is -0.374. The van der Waals surface area contributed by atoms with Crippen molar-refractivity contribution < 1.29 is 14.7 Å². The van der Waals surface area contributed by atoms with E-state index in [1.807, 2.05) is 4.57 Å². The number of nitrogens with zero attached hydrogens (tertiary/aromatic N) is 2. The van der Waals surface area contributed by atoms with E-state index in [2.05, 4.69) is 11.9 Å². The molecule has 0 unspecified atom stereocenters. The highest BCUT2D eigenvalue weighted by molar-refractivity contribution is 5.92. The summed E-state index contributed by atoms with van der Waals surface area (Å²) in [5.41, 5.74) is 6.98. The average Bonchev–Trinajstić information content (AvgIpc) is 2.76. The van der Waals surface area contributed by atoms with Crippen LogP contribution in [0.25, 0.3) is 11.0 Å². The molecule has 1 heterocycles. The third-order valence-corrected chi connectivity index (χ3v) is 3.35. The third-order valence-electron chi connectivity index (χ3n) is 3.35. The lowest BCUT2D eigenvalue weighted by atomic mass is 10.2. The Bertz CT molecular complexity index is 676. The minimum absolute atomic E-state index is 0.238. The summed E-state index contributed by atoms with van der Waals surface area (Å²) < 4.78 is 1.99. The summed E-state index contributed by atoms with van der Waals surface area (Å²) in [4.78, 5) is 26.5. The fraction of sp³-hybridized carbons (Fsp3) is 0.400. The first-order chi connectivity index (χ1) is 10.0. The molecular formula is C15H19N3O3. The van der Waals surface area contributed by atoms with Gasteiger partial charge in [-0.3, -0.25) is 4.79 Å². The van der Waals surface area contributed by atoms with Crippen LogP contribution in [0.4, 0.5) is 0 Å². The monoisotopic (exact) mass is 289 g/mol. The van der Waals surface area contributed by atoms with E-state index < -0.39 is 5.97 Å². The molecule has 21 heavy (non-hydrogen) atoms. The van der Waals surface area contributed by atoms with Crippen molar-refractivity contribution in [3.63, 3.8) is 0 Å². The summed E-state index contributed by atoms with van der Waals surface area (Å²) in [5, 5.41) is 9.10. The van der Waals surface area contributed by atoms with Crippen molar-refractivity contribution in [1.82, 2.24) is 9.55 Å². The molecule has 0 aliphatic carbocycles. The number of hydrogen-bond acceptors (Lipinski definition) is 3. The van der Waals surface area contributed by atoms with Gasteiger partial charge >= 0.3 is 5.97 Å². The minimum atomic E-state index is -0.959. The lowest BCUT2D eigenvalue weighted by molar-refractivity contribution is -0.118. The molecular weight excluding hydrogens is 270 g/mol. The van der Waals surface area contributed by atoms with Crippen LogP contribution < -0.4 is 5.73 Å². The van der Waals surface area contributed by atoms with Crippen LogP contribution in [0.5, 0.6) is 0 Å². The molecule has 2 rings (SSSR count). The van der Waals surface area contributed by atoms with Crippen LogP contribution in [-0.2, 0) is 17.8 Å². The Morgan fingerprint density at radius 2 is 2.14 bits per heavy atom. The van der Waals surface area contributed by atoms with E-state index in [-0.39, 0.29) is 11.5 Å².